The van der Waals surface area contributed by atoms with Crippen LogP contribution in [0.5, 0.6) is 0 Å². The average molecular weight is 450 g/mol. The zero-order valence-electron chi connectivity index (χ0n) is 16.3. The lowest BCUT2D eigenvalue weighted by Crippen LogP contribution is -2.23. The summed E-state index contributed by atoms with van der Waals surface area (Å²) < 4.78 is 1.17. The zero-order valence-corrected chi connectivity index (χ0v) is 18.8. The van der Waals surface area contributed by atoms with Crippen LogP contribution in [0.15, 0.2) is 59.1 Å². The van der Waals surface area contributed by atoms with Crippen LogP contribution in [0, 0.1) is 0 Å². The van der Waals surface area contributed by atoms with Crippen molar-refractivity contribution in [3.63, 3.8) is 0 Å². The molecule has 7 heteroatoms. The lowest BCUT2D eigenvalue weighted by atomic mass is 9.95. The number of nitrogens with one attached hydrogen (secondary N) is 1. The highest BCUT2D eigenvalue weighted by atomic mass is 32.2. The van der Waals surface area contributed by atoms with E-state index < -0.39 is 0 Å². The van der Waals surface area contributed by atoms with Crippen LogP contribution in [-0.4, -0.2) is 22.1 Å². The van der Waals surface area contributed by atoms with E-state index in [1.54, 1.807) is 46.8 Å². The number of benzene rings is 1. The second-order valence-corrected chi connectivity index (χ2v) is 10.2. The lowest BCUT2D eigenvalue weighted by Gasteiger charge is -2.13. The van der Waals surface area contributed by atoms with E-state index in [1.165, 1.54) is 14.6 Å². The van der Waals surface area contributed by atoms with Gasteiger partial charge in [-0.3, -0.25) is 9.78 Å². The summed E-state index contributed by atoms with van der Waals surface area (Å²) in [5.74, 6) is -0.00433. The number of amides is 1. The summed E-state index contributed by atoms with van der Waals surface area (Å²) in [4.78, 5) is 24.2. The zero-order chi connectivity index (χ0) is 20.5. The Labute approximate surface area is 187 Å². The van der Waals surface area contributed by atoms with Gasteiger partial charge in [-0.25, -0.2) is 4.98 Å². The van der Waals surface area contributed by atoms with Crippen LogP contribution >= 0.6 is 34.4 Å². The van der Waals surface area contributed by atoms with E-state index >= 15 is 0 Å². The van der Waals surface area contributed by atoms with Crippen LogP contribution < -0.4 is 5.32 Å². The van der Waals surface area contributed by atoms with Gasteiger partial charge < -0.3 is 5.32 Å². The molecule has 30 heavy (non-hydrogen) atoms. The summed E-state index contributed by atoms with van der Waals surface area (Å²) in [6, 6.07) is 14.2. The van der Waals surface area contributed by atoms with Gasteiger partial charge in [0.05, 0.1) is 14.8 Å². The smallest absolute Gasteiger partial charge is 0.261 e. The van der Waals surface area contributed by atoms with E-state index in [0.717, 1.165) is 45.1 Å². The predicted molar refractivity (Wildman–Crippen MR) is 125 cm³/mol. The normalized spacial score (nSPS) is 12.3. The number of aromatic nitrogens is 2. The topological polar surface area (TPSA) is 54.9 Å². The molecule has 0 saturated heterocycles. The van der Waals surface area contributed by atoms with Gasteiger partial charge in [-0.15, -0.1) is 34.4 Å². The van der Waals surface area contributed by atoms with Crippen molar-refractivity contribution < 1.29 is 4.79 Å². The summed E-state index contributed by atoms with van der Waals surface area (Å²) in [5.41, 5.74) is 5.57. The Bertz CT molecular complexity index is 1200. The SMILES string of the molecule is CSc1sc(C(=O)NCc2ccncc2)c2c1-c1nc(-c3ccccc3)sc1CC2. The number of thioether (sulfide) groups is 1. The van der Waals surface area contributed by atoms with Crippen molar-refractivity contribution in [1.29, 1.82) is 0 Å². The number of thiazole rings is 1. The fraction of sp³-hybridized carbons (Fsp3) is 0.174. The summed E-state index contributed by atoms with van der Waals surface area (Å²) in [7, 11) is 0. The van der Waals surface area contributed by atoms with Crippen LogP contribution in [0.2, 0.25) is 0 Å². The molecule has 1 amide bonds. The Balaban J connectivity index is 1.48. The van der Waals surface area contributed by atoms with Gasteiger partial charge in [-0.05, 0) is 42.4 Å². The first-order valence-electron chi connectivity index (χ1n) is 9.67. The molecule has 0 spiro atoms. The summed E-state index contributed by atoms with van der Waals surface area (Å²) in [6.45, 7) is 0.503. The Morgan fingerprint density at radius 3 is 2.67 bits per heavy atom. The first-order valence-corrected chi connectivity index (χ1v) is 12.5. The van der Waals surface area contributed by atoms with Crippen molar-refractivity contribution in [3.05, 3.63) is 75.7 Å². The minimum atomic E-state index is -0.00433. The number of pyridine rings is 1. The Morgan fingerprint density at radius 2 is 1.90 bits per heavy atom. The van der Waals surface area contributed by atoms with Crippen molar-refractivity contribution in [2.24, 2.45) is 0 Å². The highest BCUT2D eigenvalue weighted by Crippen LogP contribution is 2.48. The van der Waals surface area contributed by atoms with E-state index in [2.05, 4.69) is 28.7 Å². The second-order valence-electron chi connectivity index (χ2n) is 6.97. The maximum Gasteiger partial charge on any atom is 0.261 e. The molecule has 5 rings (SSSR count). The monoisotopic (exact) mass is 449 g/mol. The number of rotatable bonds is 5. The first-order chi connectivity index (χ1) is 14.7. The number of hydrogen-bond acceptors (Lipinski definition) is 6. The van der Waals surface area contributed by atoms with E-state index in [1.807, 2.05) is 30.3 Å². The standard InChI is InChI=1S/C23H19N3OS3/c1-28-23-18-16(20(30-23)21(27)25-13-14-9-11-24-12-10-14)7-8-17-19(18)26-22(29-17)15-5-3-2-4-6-15/h2-6,9-12H,7-8,13H2,1H3,(H,25,27). The molecule has 1 N–H and O–H groups in total. The molecule has 0 fully saturated rings. The third kappa shape index (κ3) is 3.57. The molecule has 4 aromatic rings. The quantitative estimate of drug-likeness (QED) is 0.398. The third-order valence-electron chi connectivity index (χ3n) is 5.13. The number of nitrogens with zero attached hydrogens (tertiary/aromatic N) is 2. The van der Waals surface area contributed by atoms with Crippen molar-refractivity contribution >= 4 is 40.3 Å². The van der Waals surface area contributed by atoms with Gasteiger partial charge in [0, 0.05) is 34.9 Å². The van der Waals surface area contributed by atoms with Gasteiger partial charge >= 0.3 is 0 Å². The minimum Gasteiger partial charge on any atom is -0.347 e. The van der Waals surface area contributed by atoms with E-state index in [4.69, 9.17) is 4.98 Å². The molecule has 3 aromatic heterocycles. The number of thiophene rings is 1. The van der Waals surface area contributed by atoms with E-state index in [9.17, 15) is 4.79 Å². The molecule has 0 aliphatic heterocycles. The molecule has 3 heterocycles. The first kappa shape index (κ1) is 19.5. The van der Waals surface area contributed by atoms with Crippen molar-refractivity contribution in [3.8, 4) is 21.8 Å². The minimum absolute atomic E-state index is 0.00433. The molecule has 0 unspecified atom stereocenters. The highest BCUT2D eigenvalue weighted by molar-refractivity contribution is 8.00. The highest BCUT2D eigenvalue weighted by Gasteiger charge is 2.30. The lowest BCUT2D eigenvalue weighted by molar-refractivity contribution is 0.0954. The van der Waals surface area contributed by atoms with Gasteiger partial charge in [0.25, 0.3) is 5.91 Å². The predicted octanol–water partition coefficient (Wildman–Crippen LogP) is 5.68. The van der Waals surface area contributed by atoms with Crippen LogP contribution in [0.1, 0.15) is 25.7 Å². The number of aryl methyl sites for hydroxylation is 1. The molecular weight excluding hydrogens is 430 g/mol. The number of hydrogen-bond donors (Lipinski definition) is 1. The molecule has 4 nitrogen and oxygen atoms in total. The Hall–Kier alpha value is -2.48. The third-order valence-corrected chi connectivity index (χ3v) is 8.64. The van der Waals surface area contributed by atoms with Crippen LogP contribution in [0.3, 0.4) is 0 Å². The second kappa shape index (κ2) is 8.34. The van der Waals surface area contributed by atoms with Gasteiger partial charge in [0.15, 0.2) is 0 Å². The van der Waals surface area contributed by atoms with Crippen molar-refractivity contribution in [1.82, 2.24) is 15.3 Å². The van der Waals surface area contributed by atoms with Crippen molar-refractivity contribution in [2.75, 3.05) is 6.26 Å². The Kier molecular flexibility index (Phi) is 5.41. The molecule has 0 saturated carbocycles. The molecule has 1 aromatic carbocycles. The average Bonchev–Trinajstić information content (AvgIpc) is 3.40. The van der Waals surface area contributed by atoms with Crippen LogP contribution in [0.4, 0.5) is 0 Å². The summed E-state index contributed by atoms with van der Waals surface area (Å²) >= 11 is 5.06. The molecular formula is C23H19N3OS3. The van der Waals surface area contributed by atoms with E-state index in [-0.39, 0.29) is 5.91 Å². The number of carbonyl (C=O) groups is 1. The van der Waals surface area contributed by atoms with Gasteiger partial charge in [-0.2, -0.15) is 0 Å². The van der Waals surface area contributed by atoms with E-state index in [0.29, 0.717) is 6.54 Å². The summed E-state index contributed by atoms with van der Waals surface area (Å²) in [5, 5.41) is 4.13. The van der Waals surface area contributed by atoms with Gasteiger partial charge in [0.2, 0.25) is 0 Å². The molecule has 1 aliphatic carbocycles. The molecule has 0 bridgehead atoms. The molecule has 0 radical (unpaired) electrons. The fourth-order valence-electron chi connectivity index (χ4n) is 3.67. The maximum absolute atomic E-state index is 13.0. The van der Waals surface area contributed by atoms with Gasteiger partial charge in [-0.1, -0.05) is 30.3 Å². The molecule has 1 aliphatic rings. The van der Waals surface area contributed by atoms with Crippen LogP contribution in [0.25, 0.3) is 21.8 Å². The van der Waals surface area contributed by atoms with Crippen molar-refractivity contribution in [2.45, 2.75) is 23.6 Å². The Morgan fingerprint density at radius 1 is 1.10 bits per heavy atom. The summed E-state index contributed by atoms with van der Waals surface area (Å²) in [6.07, 6.45) is 7.38. The van der Waals surface area contributed by atoms with Gasteiger partial charge in [0.1, 0.15) is 5.01 Å². The maximum atomic E-state index is 13.0. The fourth-order valence-corrected chi connectivity index (χ4v) is 6.75. The molecule has 0 atom stereocenters. The number of fused-ring (bicyclic) bond motifs is 3. The molecule has 150 valence electrons. The largest absolute Gasteiger partial charge is 0.347 e. The van der Waals surface area contributed by atoms with Crippen LogP contribution in [-0.2, 0) is 19.4 Å². The number of carbonyl (C=O) groups excluding carboxylic acids is 1.